The number of hydrogen-bond donors (Lipinski definition) is 1. The molecule has 2 aliphatic carbocycles. The van der Waals surface area contributed by atoms with Crippen molar-refractivity contribution in [1.82, 2.24) is 0 Å². The van der Waals surface area contributed by atoms with Gasteiger partial charge in [-0.1, -0.05) is 30.9 Å². The number of hydrogen-bond acceptors (Lipinski definition) is 1. The molecule has 2 rings (SSSR count). The minimum absolute atomic E-state index is 0.460. The Morgan fingerprint density at radius 2 is 1.86 bits per heavy atom. The summed E-state index contributed by atoms with van der Waals surface area (Å²) in [5.41, 5.74) is 7.97. The molecule has 2 atom stereocenters. The maximum absolute atomic E-state index is 6.27. The summed E-state index contributed by atoms with van der Waals surface area (Å²) in [6, 6.07) is 0.460. The van der Waals surface area contributed by atoms with Crippen molar-refractivity contribution in [2.45, 2.75) is 63.8 Å². The highest BCUT2D eigenvalue weighted by atomic mass is 14.7. The van der Waals surface area contributed by atoms with Crippen molar-refractivity contribution in [2.75, 3.05) is 0 Å². The Bertz CT molecular complexity index is 207. The second kappa shape index (κ2) is 4.97. The van der Waals surface area contributed by atoms with Crippen LogP contribution >= 0.6 is 0 Å². The molecule has 0 radical (unpaired) electrons. The maximum atomic E-state index is 6.27. The summed E-state index contributed by atoms with van der Waals surface area (Å²) in [5.74, 6) is 0.734. The summed E-state index contributed by atoms with van der Waals surface area (Å²) in [5, 5.41) is 0. The van der Waals surface area contributed by atoms with Crippen LogP contribution in [-0.4, -0.2) is 6.04 Å². The lowest BCUT2D eigenvalue weighted by Crippen LogP contribution is -2.30. The quantitative estimate of drug-likeness (QED) is 0.501. The highest BCUT2D eigenvalue weighted by molar-refractivity contribution is 5.12. The molecule has 2 unspecified atom stereocenters. The van der Waals surface area contributed by atoms with Gasteiger partial charge in [-0.05, 0) is 44.4 Å². The summed E-state index contributed by atoms with van der Waals surface area (Å²) in [6.45, 7) is 0. The molecule has 2 N–H and O–H groups in total. The summed E-state index contributed by atoms with van der Waals surface area (Å²) in [7, 11) is 0. The lowest BCUT2D eigenvalue weighted by Gasteiger charge is -2.26. The van der Waals surface area contributed by atoms with E-state index < -0.39 is 0 Å². The molecule has 0 amide bonds. The normalized spacial score (nSPS) is 34.8. The van der Waals surface area contributed by atoms with Crippen molar-refractivity contribution < 1.29 is 0 Å². The maximum Gasteiger partial charge on any atom is 0.0105 e. The first kappa shape index (κ1) is 10.2. The largest absolute Gasteiger partial charge is 0.327 e. The van der Waals surface area contributed by atoms with Gasteiger partial charge in [-0.25, -0.2) is 0 Å². The minimum atomic E-state index is 0.460. The fourth-order valence-electron chi connectivity index (χ4n) is 3.00. The van der Waals surface area contributed by atoms with E-state index >= 15 is 0 Å². The van der Waals surface area contributed by atoms with E-state index in [1.807, 2.05) is 0 Å². The van der Waals surface area contributed by atoms with Gasteiger partial charge < -0.3 is 5.73 Å². The van der Waals surface area contributed by atoms with Gasteiger partial charge in [0, 0.05) is 6.04 Å². The molecule has 14 heavy (non-hydrogen) atoms. The Balaban J connectivity index is 2.02. The number of rotatable bonds is 1. The van der Waals surface area contributed by atoms with Crippen molar-refractivity contribution in [3.63, 3.8) is 0 Å². The molecule has 0 saturated heterocycles. The monoisotopic (exact) mass is 193 g/mol. The summed E-state index contributed by atoms with van der Waals surface area (Å²) >= 11 is 0. The van der Waals surface area contributed by atoms with Gasteiger partial charge in [0.15, 0.2) is 0 Å². The predicted octanol–water partition coefficient (Wildman–Crippen LogP) is 3.39. The van der Waals surface area contributed by atoms with E-state index in [9.17, 15) is 0 Å². The molecule has 0 spiro atoms. The van der Waals surface area contributed by atoms with E-state index in [1.54, 1.807) is 5.57 Å². The predicted molar refractivity (Wildman–Crippen MR) is 61.1 cm³/mol. The Morgan fingerprint density at radius 3 is 2.64 bits per heavy atom. The van der Waals surface area contributed by atoms with E-state index in [4.69, 9.17) is 5.73 Å². The topological polar surface area (TPSA) is 26.0 Å². The van der Waals surface area contributed by atoms with E-state index in [0.29, 0.717) is 6.04 Å². The van der Waals surface area contributed by atoms with Crippen molar-refractivity contribution in [3.8, 4) is 0 Å². The average molecular weight is 193 g/mol. The summed E-state index contributed by atoms with van der Waals surface area (Å²) in [4.78, 5) is 0. The molecule has 0 aromatic carbocycles. The molecule has 1 saturated carbocycles. The Kier molecular flexibility index (Phi) is 3.63. The van der Waals surface area contributed by atoms with E-state index in [-0.39, 0.29) is 0 Å². The van der Waals surface area contributed by atoms with Crippen LogP contribution < -0.4 is 5.73 Å². The molecular weight excluding hydrogens is 170 g/mol. The first-order valence-corrected chi connectivity index (χ1v) is 6.32. The summed E-state index contributed by atoms with van der Waals surface area (Å²) < 4.78 is 0. The first-order chi connectivity index (χ1) is 6.88. The van der Waals surface area contributed by atoms with Crippen LogP contribution in [0.25, 0.3) is 0 Å². The van der Waals surface area contributed by atoms with Gasteiger partial charge in [-0.3, -0.25) is 0 Å². The Hall–Kier alpha value is -0.300. The average Bonchev–Trinajstić information content (AvgIpc) is 2.44. The van der Waals surface area contributed by atoms with Crippen LogP contribution in [0.2, 0.25) is 0 Å². The van der Waals surface area contributed by atoms with Gasteiger partial charge in [0.25, 0.3) is 0 Å². The van der Waals surface area contributed by atoms with Crippen molar-refractivity contribution in [1.29, 1.82) is 0 Å². The Morgan fingerprint density at radius 1 is 1.00 bits per heavy atom. The highest BCUT2D eigenvalue weighted by Crippen LogP contribution is 2.33. The van der Waals surface area contributed by atoms with E-state index in [2.05, 4.69) is 6.08 Å². The smallest absolute Gasteiger partial charge is 0.0105 e. The zero-order valence-corrected chi connectivity index (χ0v) is 9.17. The van der Waals surface area contributed by atoms with Crippen molar-refractivity contribution in [2.24, 2.45) is 11.7 Å². The molecule has 1 heteroatoms. The van der Waals surface area contributed by atoms with Gasteiger partial charge in [0.1, 0.15) is 0 Å². The number of nitrogens with two attached hydrogens (primary N) is 1. The molecule has 0 aromatic rings. The van der Waals surface area contributed by atoms with E-state index in [1.165, 1.54) is 57.8 Å². The third-order valence-corrected chi connectivity index (χ3v) is 3.87. The van der Waals surface area contributed by atoms with Gasteiger partial charge >= 0.3 is 0 Å². The van der Waals surface area contributed by atoms with Gasteiger partial charge in [0.05, 0.1) is 0 Å². The minimum Gasteiger partial charge on any atom is -0.327 e. The zero-order chi connectivity index (χ0) is 9.80. The van der Waals surface area contributed by atoms with Crippen LogP contribution in [0.5, 0.6) is 0 Å². The van der Waals surface area contributed by atoms with Crippen LogP contribution in [0.1, 0.15) is 57.8 Å². The zero-order valence-electron chi connectivity index (χ0n) is 9.17. The first-order valence-electron chi connectivity index (χ1n) is 6.32. The number of allylic oxidation sites excluding steroid dienone is 1. The van der Waals surface area contributed by atoms with Crippen LogP contribution in [0.15, 0.2) is 11.6 Å². The lowest BCUT2D eigenvalue weighted by atomic mass is 9.82. The third kappa shape index (κ3) is 2.38. The van der Waals surface area contributed by atoms with Gasteiger partial charge in [-0.15, -0.1) is 0 Å². The lowest BCUT2D eigenvalue weighted by molar-refractivity contribution is 0.430. The second-order valence-electron chi connectivity index (χ2n) is 4.93. The molecule has 0 bridgehead atoms. The SMILES string of the molecule is NC1CCCCCC1C1=CCCCC1. The molecule has 1 nitrogen and oxygen atoms in total. The molecule has 0 aliphatic heterocycles. The standard InChI is InChI=1S/C13H23N/c14-13-10-6-2-5-9-12(13)11-7-3-1-4-8-11/h7,12-13H,1-6,8-10,14H2. The molecule has 80 valence electrons. The van der Waals surface area contributed by atoms with E-state index in [0.717, 1.165) is 5.92 Å². The molecule has 0 heterocycles. The third-order valence-electron chi connectivity index (χ3n) is 3.87. The van der Waals surface area contributed by atoms with Gasteiger partial charge in [-0.2, -0.15) is 0 Å². The van der Waals surface area contributed by atoms with Crippen molar-refractivity contribution >= 4 is 0 Å². The highest BCUT2D eigenvalue weighted by Gasteiger charge is 2.24. The van der Waals surface area contributed by atoms with Crippen LogP contribution in [0.3, 0.4) is 0 Å². The fourth-order valence-corrected chi connectivity index (χ4v) is 3.00. The van der Waals surface area contributed by atoms with Crippen LogP contribution in [-0.2, 0) is 0 Å². The van der Waals surface area contributed by atoms with Crippen LogP contribution in [0, 0.1) is 5.92 Å². The molecular formula is C13H23N. The Labute approximate surface area is 87.8 Å². The van der Waals surface area contributed by atoms with Crippen LogP contribution in [0.4, 0.5) is 0 Å². The molecule has 1 fully saturated rings. The van der Waals surface area contributed by atoms with Gasteiger partial charge in [0.2, 0.25) is 0 Å². The molecule has 2 aliphatic rings. The second-order valence-corrected chi connectivity index (χ2v) is 4.93. The summed E-state index contributed by atoms with van der Waals surface area (Å²) in [6.07, 6.45) is 14.7. The fraction of sp³-hybridized carbons (Fsp3) is 0.846. The molecule has 0 aromatic heterocycles. The van der Waals surface area contributed by atoms with Crippen molar-refractivity contribution in [3.05, 3.63) is 11.6 Å².